The van der Waals surface area contributed by atoms with Gasteiger partial charge in [-0.25, -0.2) is 4.98 Å². The van der Waals surface area contributed by atoms with Gasteiger partial charge in [0.05, 0.1) is 33.4 Å². The maximum atomic E-state index is 6.97. The zero-order valence-corrected chi connectivity index (χ0v) is 55.0. The summed E-state index contributed by atoms with van der Waals surface area (Å²) in [5, 5.41) is 2.31. The van der Waals surface area contributed by atoms with Crippen LogP contribution < -0.4 is 9.30 Å². The van der Waals surface area contributed by atoms with Crippen LogP contribution in [-0.2, 0) is 27.1 Å². The van der Waals surface area contributed by atoms with E-state index in [4.69, 9.17) is 9.72 Å². The number of fused-ring (bicyclic) bond motifs is 12. The quantitative estimate of drug-likeness (QED) is 0.118. The molecule has 93 heavy (non-hydrogen) atoms. The molecule has 0 N–H and O–H groups in total. The standard InChI is InChI=1S/C88H76N4O/c1-84(2,3)58-48-49-89-82(52-58)92-78-39-21-16-32-68(78)69-45-44-61(54-81(69)92)93-60-27-24-26-59(53-60)90-55-91(80-41-23-22-40-79(80)90)83-62(56-42-46-74-76(50-56)87(8,9)72-37-19-14-30-66(72)64-28-12-17-35-70(64)85(74,4)5)33-25-34-63(83)57-43-47-75-77(51-57)88(10,11)73-38-20-15-31-67(73)65-29-13-18-36-71(65)86(75,6)7/h12-54H,1-11H3. The molecule has 0 fully saturated rings. The largest absolute Gasteiger partial charge is 0.458 e. The van der Waals surface area contributed by atoms with Gasteiger partial charge in [0.1, 0.15) is 17.3 Å². The van der Waals surface area contributed by atoms with Crippen molar-refractivity contribution in [3.63, 3.8) is 0 Å². The van der Waals surface area contributed by atoms with Crippen molar-refractivity contribution in [3.8, 4) is 73.2 Å². The summed E-state index contributed by atoms with van der Waals surface area (Å²) < 4.78 is 13.8. The Morgan fingerprint density at radius 1 is 0.376 bits per heavy atom. The molecule has 11 aromatic carbocycles. The Balaban J connectivity index is 0.890. The molecule has 0 atom stereocenters. The van der Waals surface area contributed by atoms with Gasteiger partial charge in [0.15, 0.2) is 0 Å². The van der Waals surface area contributed by atoms with Crippen molar-refractivity contribution in [3.05, 3.63) is 317 Å². The summed E-state index contributed by atoms with van der Waals surface area (Å²) in [4.78, 5) is 4.96. The Labute approximate surface area is 546 Å². The molecule has 0 radical (unpaired) electrons. The molecule has 0 spiro atoms. The number of imidazole rings is 1. The third-order valence-corrected chi connectivity index (χ3v) is 21.0. The van der Waals surface area contributed by atoms with Gasteiger partial charge < -0.3 is 4.74 Å². The normalized spacial score (nSPS) is 15.0. The van der Waals surface area contributed by atoms with E-state index in [9.17, 15) is 0 Å². The van der Waals surface area contributed by atoms with Gasteiger partial charge >= 0.3 is 0 Å². The maximum Gasteiger partial charge on any atom is 0.269 e. The van der Waals surface area contributed by atoms with Gasteiger partial charge in [-0.3, -0.25) is 13.7 Å². The molecule has 454 valence electrons. The number of ether oxygens (including phenoxy) is 1. The van der Waals surface area contributed by atoms with E-state index >= 15 is 0 Å². The molecule has 0 saturated carbocycles. The molecule has 0 aliphatic heterocycles. The van der Waals surface area contributed by atoms with Crippen molar-refractivity contribution in [1.29, 1.82) is 0 Å². The number of benzene rings is 11. The predicted molar refractivity (Wildman–Crippen MR) is 384 cm³/mol. The second kappa shape index (κ2) is 21.1. The lowest BCUT2D eigenvalue weighted by molar-refractivity contribution is -0.571. The second-order valence-electron chi connectivity index (χ2n) is 28.9. The Kier molecular flexibility index (Phi) is 13.1. The molecular weight excluding hydrogens is 1130 g/mol. The number of aromatic nitrogens is 4. The third kappa shape index (κ3) is 9.09. The van der Waals surface area contributed by atoms with Crippen LogP contribution in [0.2, 0.25) is 0 Å². The summed E-state index contributed by atoms with van der Waals surface area (Å²) >= 11 is 0. The fraction of sp³-hybridized carbons (Fsp3) is 0.182. The molecule has 14 aromatic rings. The first-order valence-electron chi connectivity index (χ1n) is 32.8. The minimum absolute atomic E-state index is 0.0421. The topological polar surface area (TPSA) is 35.9 Å². The molecule has 0 saturated heterocycles. The van der Waals surface area contributed by atoms with Crippen molar-refractivity contribution in [1.82, 2.24) is 14.1 Å². The van der Waals surface area contributed by atoms with Crippen molar-refractivity contribution >= 4 is 32.8 Å². The number of rotatable bonds is 7. The smallest absolute Gasteiger partial charge is 0.269 e. The Bertz CT molecular complexity index is 5180. The summed E-state index contributed by atoms with van der Waals surface area (Å²) in [6.07, 6.45) is 5.98. The minimum atomic E-state index is -0.366. The predicted octanol–water partition coefficient (Wildman–Crippen LogP) is 21.9. The first kappa shape index (κ1) is 57.8. The van der Waals surface area contributed by atoms with Crippen LogP contribution in [0.15, 0.2) is 261 Å². The van der Waals surface area contributed by atoms with Crippen molar-refractivity contribution < 1.29 is 9.30 Å². The van der Waals surface area contributed by atoms with Crippen molar-refractivity contribution in [2.75, 3.05) is 0 Å². The highest BCUT2D eigenvalue weighted by molar-refractivity contribution is 6.09. The number of hydrogen-bond donors (Lipinski definition) is 0. The summed E-state index contributed by atoms with van der Waals surface area (Å²) in [5.74, 6) is 2.33. The molecule has 0 amide bonds. The van der Waals surface area contributed by atoms with Crippen LogP contribution in [-0.4, -0.2) is 14.1 Å². The van der Waals surface area contributed by atoms with Gasteiger partial charge in [-0.05, 0) is 149 Å². The highest BCUT2D eigenvalue weighted by Gasteiger charge is 2.41. The monoisotopic (exact) mass is 1200 g/mol. The van der Waals surface area contributed by atoms with Gasteiger partial charge in [-0.1, -0.05) is 276 Å². The molecule has 5 heteroatoms. The average Bonchev–Trinajstić information content (AvgIpc) is 1.46. The fourth-order valence-electron chi connectivity index (χ4n) is 15.9. The van der Waals surface area contributed by atoms with Gasteiger partial charge in [0.25, 0.3) is 6.33 Å². The SMILES string of the molecule is CC(C)(C)c1ccnc(-n2c3ccccc3c3ccc(Oc4cccc(-n5[c-][n+](-c6c(-c7ccc8c(c7)C(C)(C)c7ccccc7-c7ccccc7C8(C)C)cccc6-c6ccc7c(c6)C(C)(C)c6ccccc6-c6ccccc6C7(C)C)c6ccccc65)c4)cc32)c1. The summed E-state index contributed by atoms with van der Waals surface area (Å²) in [7, 11) is 0. The van der Waals surface area contributed by atoms with Crippen LogP contribution in [0.4, 0.5) is 0 Å². The molecule has 16 rings (SSSR count). The van der Waals surface area contributed by atoms with Gasteiger partial charge in [-0.2, -0.15) is 0 Å². The van der Waals surface area contributed by atoms with E-state index in [0.717, 1.165) is 72.6 Å². The second-order valence-corrected chi connectivity index (χ2v) is 28.9. The van der Waals surface area contributed by atoms with Gasteiger partial charge in [0, 0.05) is 44.7 Å². The van der Waals surface area contributed by atoms with Crippen molar-refractivity contribution in [2.24, 2.45) is 0 Å². The number of para-hydroxylation sites is 4. The maximum absolute atomic E-state index is 6.97. The van der Waals surface area contributed by atoms with Crippen LogP contribution in [0.3, 0.4) is 0 Å². The fourth-order valence-corrected chi connectivity index (χ4v) is 15.9. The van der Waals surface area contributed by atoms with E-state index < -0.39 is 0 Å². The minimum Gasteiger partial charge on any atom is -0.458 e. The first-order valence-corrected chi connectivity index (χ1v) is 32.8. The van der Waals surface area contributed by atoms with Crippen molar-refractivity contribution in [2.45, 2.75) is 103 Å². The van der Waals surface area contributed by atoms with Crippen LogP contribution >= 0.6 is 0 Å². The lowest BCUT2D eigenvalue weighted by Gasteiger charge is -2.40. The first-order chi connectivity index (χ1) is 44.8. The third-order valence-electron chi connectivity index (χ3n) is 21.0. The highest BCUT2D eigenvalue weighted by atomic mass is 16.5. The number of pyridine rings is 1. The van der Waals surface area contributed by atoms with Crippen LogP contribution in [0.1, 0.15) is 126 Å². The van der Waals surface area contributed by atoms with Crippen LogP contribution in [0, 0.1) is 6.33 Å². The molecule has 0 unspecified atom stereocenters. The molecule has 3 heterocycles. The zero-order chi connectivity index (χ0) is 63.9. The Morgan fingerprint density at radius 3 is 1.40 bits per heavy atom. The average molecular weight is 1210 g/mol. The molecule has 3 aromatic heterocycles. The van der Waals surface area contributed by atoms with E-state index in [2.05, 4.69) is 345 Å². The summed E-state index contributed by atoms with van der Waals surface area (Å²) in [5.41, 5.74) is 26.2. The van der Waals surface area contributed by atoms with Gasteiger partial charge in [0.2, 0.25) is 0 Å². The van der Waals surface area contributed by atoms with E-state index in [1.807, 2.05) is 12.3 Å². The van der Waals surface area contributed by atoms with E-state index in [1.165, 1.54) is 77.7 Å². The molecule has 2 aliphatic carbocycles. The summed E-state index contributed by atoms with van der Waals surface area (Å²) in [6, 6.07) is 94.3. The molecule has 5 nitrogen and oxygen atoms in total. The zero-order valence-electron chi connectivity index (χ0n) is 55.0. The number of nitrogens with zero attached hydrogens (tertiary/aromatic N) is 4. The van der Waals surface area contributed by atoms with Gasteiger partial charge in [-0.15, -0.1) is 0 Å². The lowest BCUT2D eigenvalue weighted by Crippen LogP contribution is -2.33. The van der Waals surface area contributed by atoms with E-state index in [-0.39, 0.29) is 27.1 Å². The van der Waals surface area contributed by atoms with Crippen LogP contribution in [0.5, 0.6) is 11.5 Å². The Hall–Kier alpha value is -10.4. The lowest BCUT2D eigenvalue weighted by atomic mass is 9.63. The van der Waals surface area contributed by atoms with E-state index in [0.29, 0.717) is 5.75 Å². The molecule has 2 aliphatic rings. The summed E-state index contributed by atoms with van der Waals surface area (Å²) in [6.45, 7) is 26.1. The molecular formula is C88H76N4O. The van der Waals surface area contributed by atoms with E-state index in [1.54, 1.807) is 0 Å². The highest BCUT2D eigenvalue weighted by Crippen LogP contribution is 2.53. The van der Waals surface area contributed by atoms with Crippen LogP contribution in [0.25, 0.3) is 94.5 Å². The molecule has 0 bridgehead atoms. The Morgan fingerprint density at radius 2 is 0.839 bits per heavy atom. The number of hydrogen-bond acceptors (Lipinski definition) is 2.